The topological polar surface area (TPSA) is 38.9 Å². The van der Waals surface area contributed by atoms with Crippen LogP contribution in [0.25, 0.3) is 0 Å². The van der Waals surface area contributed by atoms with Gasteiger partial charge in [0.05, 0.1) is 11.9 Å². The molecule has 0 spiro atoms. The van der Waals surface area contributed by atoms with E-state index in [1.807, 2.05) is 20.8 Å². The summed E-state index contributed by atoms with van der Waals surface area (Å²) < 4.78 is 13.1. The molecule has 1 aromatic rings. The second-order valence-electron chi connectivity index (χ2n) is 3.82. The molecule has 13 heavy (non-hydrogen) atoms. The zero-order valence-electron chi connectivity index (χ0n) is 8.26. The lowest BCUT2D eigenvalue weighted by Crippen LogP contribution is -2.18. The van der Waals surface area contributed by atoms with Crippen LogP contribution in [-0.2, 0) is 5.41 Å². The summed E-state index contributed by atoms with van der Waals surface area (Å²) in [5, 5.41) is 0. The zero-order chi connectivity index (χ0) is 10.1. The molecule has 0 unspecified atom stereocenters. The monoisotopic (exact) mass is 182 g/mol. The highest BCUT2D eigenvalue weighted by Gasteiger charge is 2.22. The third kappa shape index (κ3) is 1.79. The van der Waals surface area contributed by atoms with E-state index in [1.165, 1.54) is 0 Å². The molecule has 1 aromatic heterocycles. The second kappa shape index (κ2) is 3.32. The van der Waals surface area contributed by atoms with Crippen LogP contribution in [0.2, 0.25) is 0 Å². The van der Waals surface area contributed by atoms with E-state index in [0.29, 0.717) is 0 Å². The van der Waals surface area contributed by atoms with Gasteiger partial charge in [0.15, 0.2) is 5.82 Å². The summed E-state index contributed by atoms with van der Waals surface area (Å²) in [5.41, 5.74) is 6.53. The van der Waals surface area contributed by atoms with Gasteiger partial charge in [-0.05, 0) is 11.8 Å². The molecule has 72 valence electrons. The van der Waals surface area contributed by atoms with E-state index in [-0.39, 0.29) is 11.1 Å². The van der Waals surface area contributed by atoms with E-state index in [0.717, 1.165) is 18.2 Å². The van der Waals surface area contributed by atoms with Crippen LogP contribution >= 0.6 is 0 Å². The predicted octanol–water partition coefficient (Wildman–Crippen LogP) is 2.49. The van der Waals surface area contributed by atoms with Crippen molar-refractivity contribution in [1.29, 1.82) is 0 Å². The molecular weight excluding hydrogens is 167 g/mol. The van der Waals surface area contributed by atoms with Gasteiger partial charge < -0.3 is 5.73 Å². The number of nitrogen functional groups attached to an aromatic ring is 1. The van der Waals surface area contributed by atoms with Gasteiger partial charge in [-0.3, -0.25) is 4.98 Å². The molecule has 0 aliphatic carbocycles. The van der Waals surface area contributed by atoms with Gasteiger partial charge in [-0.15, -0.1) is 0 Å². The number of pyridine rings is 1. The third-order valence-electron chi connectivity index (χ3n) is 2.55. The molecule has 0 atom stereocenters. The summed E-state index contributed by atoms with van der Waals surface area (Å²) in [6.45, 7) is 6.10. The molecule has 0 saturated heterocycles. The summed E-state index contributed by atoms with van der Waals surface area (Å²) in [4.78, 5) is 3.80. The van der Waals surface area contributed by atoms with Crippen LogP contribution in [0, 0.1) is 5.82 Å². The number of anilines is 1. The van der Waals surface area contributed by atoms with E-state index in [4.69, 9.17) is 5.73 Å². The van der Waals surface area contributed by atoms with Gasteiger partial charge in [-0.1, -0.05) is 20.8 Å². The van der Waals surface area contributed by atoms with E-state index in [1.54, 1.807) is 6.20 Å². The number of aromatic nitrogens is 1. The Morgan fingerprint density at radius 3 is 2.62 bits per heavy atom. The minimum absolute atomic E-state index is 0.112. The fourth-order valence-corrected chi connectivity index (χ4v) is 1.17. The first-order valence-corrected chi connectivity index (χ1v) is 4.38. The van der Waals surface area contributed by atoms with E-state index < -0.39 is 5.82 Å². The molecule has 0 amide bonds. The fraction of sp³-hybridized carbons (Fsp3) is 0.500. The van der Waals surface area contributed by atoms with E-state index in [9.17, 15) is 4.39 Å². The van der Waals surface area contributed by atoms with Crippen molar-refractivity contribution < 1.29 is 4.39 Å². The smallest absolute Gasteiger partial charge is 0.164 e. The highest BCUT2D eigenvalue weighted by molar-refractivity contribution is 5.49. The van der Waals surface area contributed by atoms with Crippen LogP contribution in [0.4, 0.5) is 10.1 Å². The van der Waals surface area contributed by atoms with Gasteiger partial charge in [0.1, 0.15) is 0 Å². The normalized spacial score (nSPS) is 11.7. The van der Waals surface area contributed by atoms with Crippen molar-refractivity contribution in [1.82, 2.24) is 4.98 Å². The Morgan fingerprint density at radius 1 is 1.46 bits per heavy atom. The van der Waals surface area contributed by atoms with Gasteiger partial charge in [0.2, 0.25) is 0 Å². The van der Waals surface area contributed by atoms with Gasteiger partial charge in [0.25, 0.3) is 0 Å². The first-order valence-electron chi connectivity index (χ1n) is 4.38. The van der Waals surface area contributed by atoms with Crippen LogP contribution in [-0.4, -0.2) is 4.98 Å². The molecule has 0 fully saturated rings. The van der Waals surface area contributed by atoms with Crippen LogP contribution in [0.3, 0.4) is 0 Å². The van der Waals surface area contributed by atoms with Gasteiger partial charge in [-0.25, -0.2) is 4.39 Å². The highest BCUT2D eigenvalue weighted by Crippen LogP contribution is 2.31. The molecule has 1 heterocycles. The van der Waals surface area contributed by atoms with Gasteiger partial charge >= 0.3 is 0 Å². The number of hydrogen-bond acceptors (Lipinski definition) is 2. The maximum atomic E-state index is 13.1. The molecule has 0 aliphatic heterocycles. The Kier molecular flexibility index (Phi) is 2.55. The fourth-order valence-electron chi connectivity index (χ4n) is 1.17. The van der Waals surface area contributed by atoms with Crippen LogP contribution in [0.15, 0.2) is 12.4 Å². The van der Waals surface area contributed by atoms with Crippen LogP contribution in [0.1, 0.15) is 32.8 Å². The molecule has 2 N–H and O–H groups in total. The Hall–Kier alpha value is -1.12. The average Bonchev–Trinajstić information content (AvgIpc) is 2.09. The van der Waals surface area contributed by atoms with Crippen molar-refractivity contribution in [2.24, 2.45) is 0 Å². The maximum Gasteiger partial charge on any atom is 0.164 e. The molecule has 0 saturated carbocycles. The molecule has 3 heteroatoms. The first kappa shape index (κ1) is 9.96. The molecule has 0 aliphatic rings. The summed E-state index contributed by atoms with van der Waals surface area (Å²) in [5.74, 6) is -0.431. The van der Waals surface area contributed by atoms with Crippen molar-refractivity contribution >= 4 is 5.69 Å². The minimum Gasteiger partial charge on any atom is -0.396 e. The Bertz CT molecular complexity index is 308. The van der Waals surface area contributed by atoms with Crippen molar-refractivity contribution in [3.63, 3.8) is 0 Å². The zero-order valence-corrected chi connectivity index (χ0v) is 8.26. The Balaban J connectivity index is 3.22. The van der Waals surface area contributed by atoms with Crippen LogP contribution in [0.5, 0.6) is 0 Å². The molecule has 1 rings (SSSR count). The second-order valence-corrected chi connectivity index (χ2v) is 3.82. The molecular formula is C10H15FN2. The number of nitrogens with zero attached hydrogens (tertiary/aromatic N) is 1. The van der Waals surface area contributed by atoms with E-state index >= 15 is 0 Å². The molecule has 0 aromatic carbocycles. The lowest BCUT2D eigenvalue weighted by Gasteiger charge is -2.24. The SMILES string of the molecule is CCC(C)(C)c1cncc(F)c1N. The summed E-state index contributed by atoms with van der Waals surface area (Å²) >= 11 is 0. The summed E-state index contributed by atoms with van der Waals surface area (Å²) in [6, 6.07) is 0. The lowest BCUT2D eigenvalue weighted by molar-refractivity contribution is 0.500. The third-order valence-corrected chi connectivity index (χ3v) is 2.55. The van der Waals surface area contributed by atoms with Crippen LogP contribution < -0.4 is 5.73 Å². The largest absolute Gasteiger partial charge is 0.396 e. The number of nitrogens with two attached hydrogens (primary N) is 1. The number of hydrogen-bond donors (Lipinski definition) is 1. The van der Waals surface area contributed by atoms with Crippen molar-refractivity contribution in [3.8, 4) is 0 Å². The van der Waals surface area contributed by atoms with Gasteiger partial charge in [0, 0.05) is 11.8 Å². The first-order chi connectivity index (χ1) is 5.99. The molecule has 0 radical (unpaired) electrons. The van der Waals surface area contributed by atoms with Crippen molar-refractivity contribution in [2.45, 2.75) is 32.6 Å². The quantitative estimate of drug-likeness (QED) is 0.763. The Morgan fingerprint density at radius 2 is 2.08 bits per heavy atom. The highest BCUT2D eigenvalue weighted by atomic mass is 19.1. The molecule has 2 nitrogen and oxygen atoms in total. The Labute approximate surface area is 78.0 Å². The average molecular weight is 182 g/mol. The lowest BCUT2D eigenvalue weighted by atomic mass is 9.82. The number of halogens is 1. The molecule has 0 bridgehead atoms. The van der Waals surface area contributed by atoms with Crippen molar-refractivity contribution in [2.75, 3.05) is 5.73 Å². The number of rotatable bonds is 2. The predicted molar refractivity (Wildman–Crippen MR) is 51.9 cm³/mol. The standard InChI is InChI=1S/C10H15FN2/c1-4-10(2,3)7-5-13-6-8(11)9(7)12/h5-6H,4H2,1-3H3,(H2,12,13). The maximum absolute atomic E-state index is 13.1. The van der Waals surface area contributed by atoms with Crippen molar-refractivity contribution in [3.05, 3.63) is 23.8 Å². The minimum atomic E-state index is -0.431. The summed E-state index contributed by atoms with van der Waals surface area (Å²) in [7, 11) is 0. The van der Waals surface area contributed by atoms with Gasteiger partial charge in [-0.2, -0.15) is 0 Å². The summed E-state index contributed by atoms with van der Waals surface area (Å²) in [6.07, 6.45) is 3.69. The van der Waals surface area contributed by atoms with E-state index in [2.05, 4.69) is 4.98 Å².